The second kappa shape index (κ2) is 11.4. The van der Waals surface area contributed by atoms with Gasteiger partial charge < -0.3 is 9.72 Å². The first-order chi connectivity index (χ1) is 17.0. The standard InChI is InChI=1S/C27H34N6O2/c1-5-9-25(26-29-30-31-33(26)12-13-35-4)32(17-21-10-7-6-8-11-21)18-22-16-23-20(3)14-19(2)15-24(23)28-27(22)34/h6-8,10-11,14-16,25H,5,9,12-13,17-18H2,1-4H3,(H,28,34)/t25-/m0/s1. The molecule has 2 aromatic carbocycles. The number of fused-ring (bicyclic) bond motifs is 1. The summed E-state index contributed by atoms with van der Waals surface area (Å²) in [7, 11) is 1.67. The summed E-state index contributed by atoms with van der Waals surface area (Å²) in [6, 6.07) is 16.5. The van der Waals surface area contributed by atoms with Crippen LogP contribution in [-0.2, 0) is 24.4 Å². The van der Waals surface area contributed by atoms with Gasteiger partial charge in [0.25, 0.3) is 5.56 Å². The molecule has 2 aromatic heterocycles. The van der Waals surface area contributed by atoms with Crippen molar-refractivity contribution in [2.75, 3.05) is 13.7 Å². The van der Waals surface area contributed by atoms with Crippen molar-refractivity contribution in [2.45, 2.75) is 59.3 Å². The van der Waals surface area contributed by atoms with Gasteiger partial charge in [-0.15, -0.1) is 5.10 Å². The summed E-state index contributed by atoms with van der Waals surface area (Å²) in [5, 5.41) is 13.7. The molecule has 1 atom stereocenters. The number of tetrazole rings is 1. The number of ether oxygens (including phenoxy) is 1. The monoisotopic (exact) mass is 474 g/mol. The molecule has 0 unspecified atom stereocenters. The van der Waals surface area contributed by atoms with Gasteiger partial charge in [-0.3, -0.25) is 9.69 Å². The maximum atomic E-state index is 13.2. The predicted molar refractivity (Wildman–Crippen MR) is 137 cm³/mol. The lowest BCUT2D eigenvalue weighted by molar-refractivity contribution is 0.147. The van der Waals surface area contributed by atoms with Crippen LogP contribution in [0.1, 0.15) is 53.9 Å². The van der Waals surface area contributed by atoms with Gasteiger partial charge in [-0.1, -0.05) is 49.7 Å². The SMILES string of the molecule is CCC[C@@H](c1nnnn1CCOC)N(Cc1ccccc1)Cc1cc2c(C)cc(C)cc2[nH]c1=O. The van der Waals surface area contributed by atoms with Crippen molar-refractivity contribution >= 4 is 10.9 Å². The van der Waals surface area contributed by atoms with Crippen LogP contribution in [0.3, 0.4) is 0 Å². The minimum Gasteiger partial charge on any atom is -0.383 e. The number of benzene rings is 2. The van der Waals surface area contributed by atoms with E-state index >= 15 is 0 Å². The highest BCUT2D eigenvalue weighted by molar-refractivity contribution is 5.83. The Morgan fingerprint density at radius 1 is 1.11 bits per heavy atom. The van der Waals surface area contributed by atoms with Crippen molar-refractivity contribution in [1.82, 2.24) is 30.1 Å². The lowest BCUT2D eigenvalue weighted by atomic mass is 10.0. The smallest absolute Gasteiger partial charge is 0.252 e. The highest BCUT2D eigenvalue weighted by Gasteiger charge is 2.27. The molecule has 4 aromatic rings. The van der Waals surface area contributed by atoms with E-state index in [1.165, 1.54) is 5.56 Å². The summed E-state index contributed by atoms with van der Waals surface area (Å²) in [4.78, 5) is 18.6. The summed E-state index contributed by atoms with van der Waals surface area (Å²) < 4.78 is 7.08. The quantitative estimate of drug-likeness (QED) is 0.348. The van der Waals surface area contributed by atoms with Crippen LogP contribution in [0.2, 0.25) is 0 Å². The third-order valence-electron chi connectivity index (χ3n) is 6.36. The van der Waals surface area contributed by atoms with Crippen molar-refractivity contribution < 1.29 is 4.74 Å². The second-order valence-corrected chi connectivity index (χ2v) is 9.11. The molecule has 0 amide bonds. The molecule has 0 radical (unpaired) electrons. The van der Waals surface area contributed by atoms with Crippen molar-refractivity contribution in [3.8, 4) is 0 Å². The average molecular weight is 475 g/mol. The molecule has 0 saturated heterocycles. The molecule has 0 aliphatic rings. The zero-order valence-electron chi connectivity index (χ0n) is 21.0. The fourth-order valence-electron chi connectivity index (χ4n) is 4.68. The topological polar surface area (TPSA) is 88.9 Å². The molecule has 35 heavy (non-hydrogen) atoms. The van der Waals surface area contributed by atoms with Gasteiger partial charge in [0.1, 0.15) is 0 Å². The number of pyridine rings is 1. The van der Waals surface area contributed by atoms with E-state index in [1.54, 1.807) is 7.11 Å². The molecule has 1 N–H and O–H groups in total. The molecule has 0 saturated carbocycles. The molecule has 0 spiro atoms. The van der Waals surface area contributed by atoms with Gasteiger partial charge in [-0.2, -0.15) is 0 Å². The fraction of sp³-hybridized carbons (Fsp3) is 0.407. The van der Waals surface area contributed by atoms with Crippen molar-refractivity contribution in [2.24, 2.45) is 0 Å². The van der Waals surface area contributed by atoms with E-state index in [9.17, 15) is 4.79 Å². The molecule has 8 heteroatoms. The molecular formula is C27H34N6O2. The first kappa shape index (κ1) is 24.8. The van der Waals surface area contributed by atoms with Crippen LogP contribution in [0.5, 0.6) is 0 Å². The van der Waals surface area contributed by atoms with E-state index in [2.05, 4.69) is 57.5 Å². The van der Waals surface area contributed by atoms with Crippen LogP contribution in [-0.4, -0.2) is 43.8 Å². The average Bonchev–Trinajstić information content (AvgIpc) is 3.30. The van der Waals surface area contributed by atoms with E-state index in [0.717, 1.165) is 46.3 Å². The maximum Gasteiger partial charge on any atom is 0.252 e. The van der Waals surface area contributed by atoms with Gasteiger partial charge in [-0.25, -0.2) is 4.68 Å². The Hall–Kier alpha value is -3.36. The summed E-state index contributed by atoms with van der Waals surface area (Å²) in [6.07, 6.45) is 1.82. The Balaban J connectivity index is 1.76. The van der Waals surface area contributed by atoms with Crippen molar-refractivity contribution in [1.29, 1.82) is 0 Å². The van der Waals surface area contributed by atoms with E-state index in [0.29, 0.717) is 26.2 Å². The first-order valence-electron chi connectivity index (χ1n) is 12.2. The minimum absolute atomic E-state index is 0.0544. The lowest BCUT2D eigenvalue weighted by Crippen LogP contribution is -2.33. The van der Waals surface area contributed by atoms with E-state index in [4.69, 9.17) is 4.74 Å². The predicted octanol–water partition coefficient (Wildman–Crippen LogP) is 4.32. The summed E-state index contributed by atoms with van der Waals surface area (Å²) in [6.45, 7) is 8.55. The van der Waals surface area contributed by atoms with Gasteiger partial charge in [0.2, 0.25) is 0 Å². The Morgan fingerprint density at radius 3 is 2.66 bits per heavy atom. The minimum atomic E-state index is -0.0604. The number of methoxy groups -OCH3 is 1. The maximum absolute atomic E-state index is 13.2. The summed E-state index contributed by atoms with van der Waals surface area (Å²) >= 11 is 0. The molecular weight excluding hydrogens is 440 g/mol. The van der Waals surface area contributed by atoms with Gasteiger partial charge in [0.15, 0.2) is 5.82 Å². The molecule has 184 valence electrons. The van der Waals surface area contributed by atoms with Crippen LogP contribution in [0.15, 0.2) is 53.3 Å². The molecule has 0 fully saturated rings. The Bertz CT molecular complexity index is 1310. The molecule has 4 rings (SSSR count). The molecule has 2 heterocycles. The Labute approximate surface area is 205 Å². The van der Waals surface area contributed by atoms with Crippen LogP contribution >= 0.6 is 0 Å². The van der Waals surface area contributed by atoms with E-state index in [1.807, 2.05) is 41.9 Å². The molecule has 0 aliphatic carbocycles. The largest absolute Gasteiger partial charge is 0.383 e. The van der Waals surface area contributed by atoms with Gasteiger partial charge in [0.05, 0.1) is 19.2 Å². The van der Waals surface area contributed by atoms with Crippen molar-refractivity contribution in [3.63, 3.8) is 0 Å². The number of aromatic amines is 1. The Kier molecular flexibility index (Phi) is 8.05. The summed E-state index contributed by atoms with van der Waals surface area (Å²) in [5.41, 5.74) is 5.01. The number of nitrogens with zero attached hydrogens (tertiary/aromatic N) is 5. The third-order valence-corrected chi connectivity index (χ3v) is 6.36. The number of hydrogen-bond donors (Lipinski definition) is 1. The first-order valence-corrected chi connectivity index (χ1v) is 12.2. The highest BCUT2D eigenvalue weighted by atomic mass is 16.5. The zero-order valence-corrected chi connectivity index (χ0v) is 21.0. The number of aryl methyl sites for hydroxylation is 2. The van der Waals surface area contributed by atoms with E-state index < -0.39 is 0 Å². The highest BCUT2D eigenvalue weighted by Crippen LogP contribution is 2.28. The van der Waals surface area contributed by atoms with Crippen LogP contribution in [0, 0.1) is 13.8 Å². The van der Waals surface area contributed by atoms with Crippen LogP contribution in [0.4, 0.5) is 0 Å². The number of H-pyrrole nitrogens is 1. The molecule has 0 aliphatic heterocycles. The van der Waals surface area contributed by atoms with Crippen LogP contribution < -0.4 is 5.56 Å². The Morgan fingerprint density at radius 2 is 1.91 bits per heavy atom. The van der Waals surface area contributed by atoms with E-state index in [-0.39, 0.29) is 11.6 Å². The number of rotatable bonds is 11. The number of nitrogens with one attached hydrogen (secondary N) is 1. The molecule has 0 bridgehead atoms. The zero-order chi connectivity index (χ0) is 24.8. The van der Waals surface area contributed by atoms with Gasteiger partial charge in [0, 0.05) is 36.7 Å². The number of hydrogen-bond acceptors (Lipinski definition) is 6. The van der Waals surface area contributed by atoms with Crippen molar-refractivity contribution in [3.05, 3.63) is 87.0 Å². The molecule has 8 nitrogen and oxygen atoms in total. The third kappa shape index (κ3) is 5.83. The van der Waals surface area contributed by atoms with Crippen LogP contribution in [0.25, 0.3) is 10.9 Å². The second-order valence-electron chi connectivity index (χ2n) is 9.11. The normalized spacial score (nSPS) is 12.5. The number of aromatic nitrogens is 5. The van der Waals surface area contributed by atoms with Gasteiger partial charge in [-0.05, 0) is 59.5 Å². The summed E-state index contributed by atoms with van der Waals surface area (Å²) in [5.74, 6) is 0.795. The van der Waals surface area contributed by atoms with Gasteiger partial charge >= 0.3 is 0 Å². The lowest BCUT2D eigenvalue weighted by Gasteiger charge is -2.31. The fourth-order valence-corrected chi connectivity index (χ4v) is 4.68.